The third kappa shape index (κ3) is 3.63. The van der Waals surface area contributed by atoms with Crippen molar-refractivity contribution in [2.45, 2.75) is 45.6 Å². The first-order valence-electron chi connectivity index (χ1n) is 9.44. The Kier molecular flexibility index (Phi) is 4.75. The van der Waals surface area contributed by atoms with Crippen molar-refractivity contribution in [3.05, 3.63) is 76.9 Å². The smallest absolute Gasteiger partial charge is 0.224 e. The molecule has 2 aromatic heterocycles. The van der Waals surface area contributed by atoms with E-state index in [1.165, 1.54) is 16.8 Å². The molecule has 5 heteroatoms. The maximum atomic E-state index is 12.5. The number of nitrogens with zero attached hydrogens (tertiary/aromatic N) is 3. The van der Waals surface area contributed by atoms with Gasteiger partial charge in [-0.05, 0) is 68.0 Å². The van der Waals surface area contributed by atoms with Crippen molar-refractivity contribution in [1.82, 2.24) is 20.1 Å². The quantitative estimate of drug-likeness (QED) is 0.773. The molecule has 0 aliphatic heterocycles. The largest absolute Gasteiger partial charge is 0.349 e. The molecule has 1 aliphatic rings. The van der Waals surface area contributed by atoms with Gasteiger partial charge in [0.15, 0.2) is 0 Å². The number of carbonyl (C=O) groups is 1. The molecule has 1 N–H and O–H groups in total. The predicted molar refractivity (Wildman–Crippen MR) is 105 cm³/mol. The first-order chi connectivity index (χ1) is 13.1. The SMILES string of the molecule is Cc1ccc(-n2ncc3c2CCC[C@@H]3NC(=O)Cc2cccnc2)cc1C. The monoisotopic (exact) mass is 360 g/mol. The summed E-state index contributed by atoms with van der Waals surface area (Å²) in [4.78, 5) is 16.6. The molecule has 1 amide bonds. The van der Waals surface area contributed by atoms with Crippen LogP contribution in [-0.4, -0.2) is 20.7 Å². The number of benzene rings is 1. The van der Waals surface area contributed by atoms with Crippen LogP contribution >= 0.6 is 0 Å². The number of fused-ring (bicyclic) bond motifs is 1. The van der Waals surface area contributed by atoms with Crippen LogP contribution in [0.2, 0.25) is 0 Å². The standard InChI is InChI=1S/C22H24N4O/c1-15-8-9-18(11-16(15)2)26-21-7-3-6-20(19(21)14-24-26)25-22(27)12-17-5-4-10-23-13-17/h4-5,8-11,13-14,20H,3,6-7,12H2,1-2H3,(H,25,27)/t20-/m0/s1. The van der Waals surface area contributed by atoms with Crippen molar-refractivity contribution in [3.63, 3.8) is 0 Å². The summed E-state index contributed by atoms with van der Waals surface area (Å²) in [7, 11) is 0. The number of carbonyl (C=O) groups excluding carboxylic acids is 1. The van der Waals surface area contributed by atoms with Crippen molar-refractivity contribution < 1.29 is 4.79 Å². The second-order valence-corrected chi connectivity index (χ2v) is 7.28. The van der Waals surface area contributed by atoms with E-state index in [9.17, 15) is 4.79 Å². The van der Waals surface area contributed by atoms with Gasteiger partial charge in [-0.25, -0.2) is 4.68 Å². The van der Waals surface area contributed by atoms with Crippen LogP contribution in [0.3, 0.4) is 0 Å². The molecule has 1 aromatic carbocycles. The number of amides is 1. The molecule has 27 heavy (non-hydrogen) atoms. The molecule has 4 rings (SSSR count). The van der Waals surface area contributed by atoms with Gasteiger partial charge in [-0.3, -0.25) is 9.78 Å². The van der Waals surface area contributed by atoms with Gasteiger partial charge in [0.25, 0.3) is 0 Å². The Balaban J connectivity index is 1.55. The number of hydrogen-bond acceptors (Lipinski definition) is 3. The van der Waals surface area contributed by atoms with Crippen LogP contribution in [0.15, 0.2) is 48.9 Å². The van der Waals surface area contributed by atoms with Crippen LogP contribution in [0.4, 0.5) is 0 Å². The molecule has 1 atom stereocenters. The molecule has 0 saturated carbocycles. The van der Waals surface area contributed by atoms with Crippen molar-refractivity contribution in [3.8, 4) is 5.69 Å². The first-order valence-corrected chi connectivity index (χ1v) is 9.44. The lowest BCUT2D eigenvalue weighted by atomic mass is 9.92. The fraction of sp³-hybridized carbons (Fsp3) is 0.318. The fourth-order valence-corrected chi connectivity index (χ4v) is 3.72. The van der Waals surface area contributed by atoms with Crippen LogP contribution in [0.5, 0.6) is 0 Å². The van der Waals surface area contributed by atoms with Crippen LogP contribution in [0.1, 0.15) is 46.8 Å². The Morgan fingerprint density at radius 3 is 2.89 bits per heavy atom. The molecule has 0 spiro atoms. The number of aromatic nitrogens is 3. The van der Waals surface area contributed by atoms with E-state index >= 15 is 0 Å². The fourth-order valence-electron chi connectivity index (χ4n) is 3.72. The summed E-state index contributed by atoms with van der Waals surface area (Å²) in [5.74, 6) is 0.0276. The molecule has 3 aromatic rings. The number of hydrogen-bond donors (Lipinski definition) is 1. The summed E-state index contributed by atoms with van der Waals surface area (Å²) in [5.41, 5.74) is 6.89. The van der Waals surface area contributed by atoms with Gasteiger partial charge in [-0.15, -0.1) is 0 Å². The van der Waals surface area contributed by atoms with E-state index in [-0.39, 0.29) is 11.9 Å². The second kappa shape index (κ2) is 7.35. The minimum Gasteiger partial charge on any atom is -0.349 e. The molecule has 0 radical (unpaired) electrons. The third-order valence-electron chi connectivity index (χ3n) is 5.34. The topological polar surface area (TPSA) is 59.8 Å². The molecular formula is C22H24N4O. The maximum Gasteiger partial charge on any atom is 0.224 e. The van der Waals surface area contributed by atoms with Gasteiger partial charge >= 0.3 is 0 Å². The zero-order chi connectivity index (χ0) is 18.8. The maximum absolute atomic E-state index is 12.5. The summed E-state index contributed by atoms with van der Waals surface area (Å²) in [6, 6.07) is 10.2. The van der Waals surface area contributed by atoms with Crippen molar-refractivity contribution >= 4 is 5.91 Å². The average molecular weight is 360 g/mol. The van der Waals surface area contributed by atoms with Gasteiger partial charge in [0.2, 0.25) is 5.91 Å². The Hall–Kier alpha value is -2.95. The van der Waals surface area contributed by atoms with E-state index in [4.69, 9.17) is 0 Å². The molecule has 0 saturated heterocycles. The van der Waals surface area contributed by atoms with Gasteiger partial charge in [-0.2, -0.15) is 5.10 Å². The average Bonchev–Trinajstić information content (AvgIpc) is 3.10. The van der Waals surface area contributed by atoms with E-state index in [0.29, 0.717) is 6.42 Å². The Labute approximate surface area is 159 Å². The van der Waals surface area contributed by atoms with Crippen molar-refractivity contribution in [2.75, 3.05) is 0 Å². The van der Waals surface area contributed by atoms with E-state index in [0.717, 1.165) is 36.1 Å². The van der Waals surface area contributed by atoms with Gasteiger partial charge in [-0.1, -0.05) is 12.1 Å². The van der Waals surface area contributed by atoms with E-state index in [1.807, 2.05) is 23.0 Å². The molecule has 0 bridgehead atoms. The van der Waals surface area contributed by atoms with E-state index in [1.54, 1.807) is 12.4 Å². The summed E-state index contributed by atoms with van der Waals surface area (Å²) in [5, 5.41) is 7.82. The number of pyridine rings is 1. The highest BCUT2D eigenvalue weighted by molar-refractivity contribution is 5.79. The minimum atomic E-state index is 0.0261. The molecule has 2 heterocycles. The minimum absolute atomic E-state index is 0.0261. The van der Waals surface area contributed by atoms with Gasteiger partial charge in [0.05, 0.1) is 24.3 Å². The first kappa shape index (κ1) is 17.5. The molecule has 5 nitrogen and oxygen atoms in total. The third-order valence-corrected chi connectivity index (χ3v) is 5.34. The lowest BCUT2D eigenvalue weighted by Gasteiger charge is -2.24. The molecule has 1 aliphatic carbocycles. The lowest BCUT2D eigenvalue weighted by molar-refractivity contribution is -0.121. The van der Waals surface area contributed by atoms with Gasteiger partial charge in [0, 0.05) is 23.7 Å². The van der Waals surface area contributed by atoms with Crippen LogP contribution in [-0.2, 0) is 17.6 Å². The van der Waals surface area contributed by atoms with Crippen LogP contribution in [0.25, 0.3) is 5.69 Å². The van der Waals surface area contributed by atoms with Crippen LogP contribution in [0, 0.1) is 13.8 Å². The summed E-state index contributed by atoms with van der Waals surface area (Å²) in [6.45, 7) is 4.24. The Bertz CT molecular complexity index is 962. The van der Waals surface area contributed by atoms with Crippen molar-refractivity contribution in [2.24, 2.45) is 0 Å². The van der Waals surface area contributed by atoms with E-state index in [2.05, 4.69) is 47.4 Å². The predicted octanol–water partition coefficient (Wildman–Crippen LogP) is 3.62. The number of rotatable bonds is 4. The molecular weight excluding hydrogens is 336 g/mol. The van der Waals surface area contributed by atoms with Gasteiger partial charge in [0.1, 0.15) is 0 Å². The summed E-state index contributed by atoms with van der Waals surface area (Å²) >= 11 is 0. The highest BCUT2D eigenvalue weighted by Gasteiger charge is 2.26. The highest BCUT2D eigenvalue weighted by Crippen LogP contribution is 2.31. The number of nitrogens with one attached hydrogen (secondary N) is 1. The lowest BCUT2D eigenvalue weighted by Crippen LogP contribution is -2.32. The van der Waals surface area contributed by atoms with Crippen LogP contribution < -0.4 is 5.32 Å². The molecule has 138 valence electrons. The highest BCUT2D eigenvalue weighted by atomic mass is 16.1. The molecule has 0 unspecified atom stereocenters. The normalized spacial score (nSPS) is 16.0. The van der Waals surface area contributed by atoms with Crippen molar-refractivity contribution in [1.29, 1.82) is 0 Å². The number of aryl methyl sites for hydroxylation is 2. The zero-order valence-corrected chi connectivity index (χ0v) is 15.8. The summed E-state index contributed by atoms with van der Waals surface area (Å²) < 4.78 is 2.03. The summed E-state index contributed by atoms with van der Waals surface area (Å²) in [6.07, 6.45) is 8.70. The zero-order valence-electron chi connectivity index (χ0n) is 15.8. The van der Waals surface area contributed by atoms with Gasteiger partial charge < -0.3 is 5.32 Å². The van der Waals surface area contributed by atoms with E-state index < -0.39 is 0 Å². The Morgan fingerprint density at radius 2 is 2.11 bits per heavy atom. The second-order valence-electron chi connectivity index (χ2n) is 7.28. The Morgan fingerprint density at radius 1 is 1.22 bits per heavy atom. The molecule has 0 fully saturated rings.